The first-order valence-corrected chi connectivity index (χ1v) is 22.5. The van der Waals surface area contributed by atoms with Gasteiger partial charge in [-0.25, -0.2) is 15.0 Å². The van der Waals surface area contributed by atoms with Crippen LogP contribution in [0.2, 0.25) is 0 Å². The van der Waals surface area contributed by atoms with E-state index in [0.717, 1.165) is 82.8 Å². The first kappa shape index (κ1) is 40.1. The van der Waals surface area contributed by atoms with Gasteiger partial charge in [0.2, 0.25) is 0 Å². The molecule has 0 aliphatic rings. The molecule has 12 rings (SSSR count). The lowest BCUT2D eigenvalue weighted by molar-refractivity contribution is 1.06. The minimum Gasteiger partial charge on any atom is -0.308 e. The molecule has 0 N–H and O–H groups in total. The van der Waals surface area contributed by atoms with Gasteiger partial charge in [0.25, 0.3) is 0 Å². The summed E-state index contributed by atoms with van der Waals surface area (Å²) in [6.45, 7) is 4.23. The van der Waals surface area contributed by atoms with Crippen molar-refractivity contribution in [2.45, 2.75) is 13.8 Å². The minimum atomic E-state index is 0.390. The van der Waals surface area contributed by atoms with Gasteiger partial charge in [-0.3, -0.25) is 0 Å². The zero-order valence-electron chi connectivity index (χ0n) is 37.2. The topological polar surface area (TPSA) is 96.1 Å². The van der Waals surface area contributed by atoms with Gasteiger partial charge in [0.05, 0.1) is 56.7 Å². The minimum absolute atomic E-state index is 0.390. The Morgan fingerprint density at radius 3 is 1.22 bits per heavy atom. The predicted molar refractivity (Wildman–Crippen MR) is 275 cm³/mol. The van der Waals surface area contributed by atoms with Crippen molar-refractivity contribution in [2.24, 2.45) is 0 Å². The highest BCUT2D eigenvalue weighted by atomic mass is 15.1. The molecule has 0 unspecified atom stereocenters. The first-order valence-electron chi connectivity index (χ1n) is 22.5. The smallest absolute Gasteiger partial charge is 0.166 e. The Morgan fingerprint density at radius 1 is 0.338 bits per heavy atom. The lowest BCUT2D eigenvalue weighted by Crippen LogP contribution is -2.06. The van der Waals surface area contributed by atoms with E-state index in [1.54, 1.807) is 0 Å². The molecule has 318 valence electrons. The number of nitriles is 2. The van der Waals surface area contributed by atoms with Gasteiger partial charge in [-0.05, 0) is 109 Å². The highest BCUT2D eigenvalue weighted by Gasteiger charge is 2.23. The number of hydrogen-bond acceptors (Lipinski definition) is 5. The number of para-hydroxylation sites is 2. The van der Waals surface area contributed by atoms with Crippen molar-refractivity contribution >= 4 is 43.6 Å². The molecule has 9 aromatic carbocycles. The van der Waals surface area contributed by atoms with Crippen molar-refractivity contribution < 1.29 is 0 Å². The van der Waals surface area contributed by atoms with E-state index in [9.17, 15) is 10.5 Å². The molecule has 0 atom stereocenters. The molecule has 12 aromatic rings. The van der Waals surface area contributed by atoms with E-state index in [1.165, 1.54) is 11.1 Å². The van der Waals surface area contributed by atoms with E-state index in [-0.39, 0.29) is 0 Å². The summed E-state index contributed by atoms with van der Waals surface area (Å²) in [5.41, 5.74) is 15.7. The third-order valence-corrected chi connectivity index (χ3v) is 12.9. The molecule has 0 bridgehead atoms. The summed E-state index contributed by atoms with van der Waals surface area (Å²) in [6.07, 6.45) is 0. The van der Waals surface area contributed by atoms with Gasteiger partial charge in [0, 0.05) is 38.2 Å². The summed E-state index contributed by atoms with van der Waals surface area (Å²) in [6, 6.07) is 73.3. The van der Waals surface area contributed by atoms with Crippen LogP contribution in [-0.4, -0.2) is 24.1 Å². The Kier molecular flexibility index (Phi) is 9.57. The van der Waals surface area contributed by atoms with Gasteiger partial charge < -0.3 is 9.13 Å². The maximum atomic E-state index is 10.4. The van der Waals surface area contributed by atoms with Crippen molar-refractivity contribution in [3.05, 3.63) is 222 Å². The lowest BCUT2D eigenvalue weighted by Gasteiger charge is -2.17. The lowest BCUT2D eigenvalue weighted by atomic mass is 10.0. The molecule has 0 radical (unpaired) electrons. The van der Waals surface area contributed by atoms with E-state index >= 15 is 0 Å². The molecule has 7 nitrogen and oxygen atoms in total. The van der Waals surface area contributed by atoms with Crippen LogP contribution in [0.5, 0.6) is 0 Å². The Hall–Kier alpha value is -9.43. The highest BCUT2D eigenvalue weighted by Crippen LogP contribution is 2.41. The fourth-order valence-corrected chi connectivity index (χ4v) is 9.77. The van der Waals surface area contributed by atoms with Gasteiger partial charge in [-0.15, -0.1) is 0 Å². The van der Waals surface area contributed by atoms with Crippen molar-refractivity contribution in [3.63, 3.8) is 0 Å². The Labute approximate surface area is 392 Å². The second kappa shape index (κ2) is 16.2. The molecule has 68 heavy (non-hydrogen) atoms. The molecule has 0 fully saturated rings. The van der Waals surface area contributed by atoms with Crippen LogP contribution in [0.3, 0.4) is 0 Å². The van der Waals surface area contributed by atoms with Crippen LogP contribution in [0.25, 0.3) is 111 Å². The average molecular weight is 870 g/mol. The third kappa shape index (κ3) is 6.78. The standard InChI is InChI=1S/C61H39N7/c1-38-12-10-16-43(30-38)45-24-28-55-49(34-45)47-18-6-8-20-53(47)67(55)57-26-22-40(36-62)32-51(57)60-64-59(42-14-4-3-5-15-42)65-61(66-60)52-33-41(37-63)23-27-58(52)68-54-21-9-7-19-48(54)50-35-46(25-29-56(50)68)44-17-11-13-39(2)31-44/h3-35H,1-2H3. The van der Waals surface area contributed by atoms with E-state index in [0.29, 0.717) is 39.7 Å². The van der Waals surface area contributed by atoms with E-state index < -0.39 is 0 Å². The van der Waals surface area contributed by atoms with Crippen LogP contribution in [0, 0.1) is 36.5 Å². The molecule has 0 aliphatic carbocycles. The summed E-state index contributed by atoms with van der Waals surface area (Å²) in [4.78, 5) is 15.8. The fraction of sp³-hybridized carbons (Fsp3) is 0.0328. The number of aromatic nitrogens is 5. The number of fused-ring (bicyclic) bond motifs is 6. The molecular weight excluding hydrogens is 831 g/mol. The fourth-order valence-electron chi connectivity index (χ4n) is 9.77. The quantitative estimate of drug-likeness (QED) is 0.159. The number of benzene rings is 9. The summed E-state index contributed by atoms with van der Waals surface area (Å²) >= 11 is 0. The zero-order chi connectivity index (χ0) is 45.9. The summed E-state index contributed by atoms with van der Waals surface area (Å²) in [5, 5.41) is 25.2. The molecular formula is C61H39N7. The molecule has 0 saturated carbocycles. The predicted octanol–water partition coefficient (Wildman–Crippen LogP) is 14.8. The molecule has 3 heterocycles. The van der Waals surface area contributed by atoms with Gasteiger partial charge in [0.1, 0.15) is 0 Å². The second-order valence-corrected chi connectivity index (χ2v) is 17.3. The van der Waals surface area contributed by atoms with E-state index in [1.807, 2.05) is 66.7 Å². The maximum absolute atomic E-state index is 10.4. The van der Waals surface area contributed by atoms with E-state index in [4.69, 9.17) is 15.0 Å². The van der Waals surface area contributed by atoms with Crippen LogP contribution in [0.1, 0.15) is 22.3 Å². The molecule has 0 aliphatic heterocycles. The average Bonchev–Trinajstić information content (AvgIpc) is 3.90. The van der Waals surface area contributed by atoms with Crippen LogP contribution in [-0.2, 0) is 0 Å². The summed E-state index contributed by atoms with van der Waals surface area (Å²) < 4.78 is 4.50. The summed E-state index contributed by atoms with van der Waals surface area (Å²) in [7, 11) is 0. The van der Waals surface area contributed by atoms with Crippen molar-refractivity contribution in [1.82, 2.24) is 24.1 Å². The van der Waals surface area contributed by atoms with Crippen molar-refractivity contribution in [2.75, 3.05) is 0 Å². The monoisotopic (exact) mass is 869 g/mol. The Morgan fingerprint density at radius 2 is 0.750 bits per heavy atom. The molecule has 7 heteroatoms. The van der Waals surface area contributed by atoms with Crippen LogP contribution in [0.15, 0.2) is 200 Å². The number of aryl methyl sites for hydroxylation is 2. The number of hydrogen-bond donors (Lipinski definition) is 0. The normalized spacial score (nSPS) is 11.4. The second-order valence-electron chi connectivity index (χ2n) is 17.3. The van der Waals surface area contributed by atoms with Gasteiger partial charge in [-0.1, -0.05) is 139 Å². The van der Waals surface area contributed by atoms with Crippen molar-refractivity contribution in [1.29, 1.82) is 10.5 Å². The van der Waals surface area contributed by atoms with Crippen molar-refractivity contribution in [3.8, 4) is 79.9 Å². The highest BCUT2D eigenvalue weighted by molar-refractivity contribution is 6.12. The largest absolute Gasteiger partial charge is 0.308 e. The third-order valence-electron chi connectivity index (χ3n) is 12.9. The van der Waals surface area contributed by atoms with E-state index in [2.05, 4.69) is 169 Å². The van der Waals surface area contributed by atoms with Gasteiger partial charge in [0.15, 0.2) is 17.5 Å². The molecule has 3 aromatic heterocycles. The zero-order valence-corrected chi connectivity index (χ0v) is 37.2. The Bertz CT molecular complexity index is 3840. The molecule has 0 amide bonds. The summed E-state index contributed by atoms with van der Waals surface area (Å²) in [5.74, 6) is 1.24. The Balaban J connectivity index is 1.11. The van der Waals surface area contributed by atoms with Gasteiger partial charge in [-0.2, -0.15) is 10.5 Å². The van der Waals surface area contributed by atoms with Crippen LogP contribution in [0.4, 0.5) is 0 Å². The maximum Gasteiger partial charge on any atom is 0.166 e. The van der Waals surface area contributed by atoms with Gasteiger partial charge >= 0.3 is 0 Å². The number of nitrogens with zero attached hydrogens (tertiary/aromatic N) is 7. The molecule has 0 saturated heterocycles. The first-order chi connectivity index (χ1) is 33.4. The SMILES string of the molecule is Cc1cccc(-c2ccc3c(c2)c2ccccc2n3-c2ccc(C#N)cc2-c2nc(-c3ccccc3)nc(-c3cc(C#N)ccc3-n3c4ccccc4c4cc(-c5cccc(C)c5)ccc43)n2)c1. The van der Waals surface area contributed by atoms with Crippen LogP contribution >= 0.6 is 0 Å². The van der Waals surface area contributed by atoms with Crippen LogP contribution < -0.4 is 0 Å². The molecule has 0 spiro atoms. The number of rotatable bonds is 7.